The molecule has 0 aliphatic rings. The summed E-state index contributed by atoms with van der Waals surface area (Å²) in [6.45, 7) is 6.50. The van der Waals surface area contributed by atoms with Crippen LogP contribution in [0.5, 0.6) is 0 Å². The van der Waals surface area contributed by atoms with Gasteiger partial charge in [0, 0.05) is 12.2 Å². The molecular formula is C12H20N2S. The quantitative estimate of drug-likeness (QED) is 0.836. The molecule has 1 heterocycles. The van der Waals surface area contributed by atoms with E-state index in [-0.39, 0.29) is 6.04 Å². The zero-order valence-electron chi connectivity index (χ0n) is 9.68. The normalized spacial score (nSPS) is 15.3. The van der Waals surface area contributed by atoms with Gasteiger partial charge >= 0.3 is 0 Å². The van der Waals surface area contributed by atoms with Gasteiger partial charge in [-0.3, -0.25) is 4.98 Å². The molecule has 15 heavy (non-hydrogen) atoms. The van der Waals surface area contributed by atoms with E-state index in [9.17, 15) is 0 Å². The van der Waals surface area contributed by atoms with Crippen LogP contribution in [0.4, 0.5) is 0 Å². The maximum absolute atomic E-state index is 5.99. The first kappa shape index (κ1) is 12.5. The molecule has 1 rings (SSSR count). The van der Waals surface area contributed by atoms with Crippen molar-refractivity contribution in [2.75, 3.05) is 5.75 Å². The fourth-order valence-corrected chi connectivity index (χ4v) is 2.55. The summed E-state index contributed by atoms with van der Waals surface area (Å²) < 4.78 is 0. The topological polar surface area (TPSA) is 38.9 Å². The van der Waals surface area contributed by atoms with Crippen molar-refractivity contribution >= 4 is 11.8 Å². The van der Waals surface area contributed by atoms with Crippen LogP contribution in [0.15, 0.2) is 24.4 Å². The van der Waals surface area contributed by atoms with Gasteiger partial charge in [0.05, 0.1) is 10.9 Å². The van der Waals surface area contributed by atoms with Gasteiger partial charge in [-0.05, 0) is 30.7 Å². The third-order valence-electron chi connectivity index (χ3n) is 2.07. The minimum atomic E-state index is 0.142. The predicted octanol–water partition coefficient (Wildman–Crippen LogP) is 2.86. The number of hydrogen-bond donors (Lipinski definition) is 1. The summed E-state index contributed by atoms with van der Waals surface area (Å²) in [6.07, 6.45) is 1.83. The Morgan fingerprint density at radius 2 is 2.07 bits per heavy atom. The maximum atomic E-state index is 5.99. The number of aromatic nitrogens is 1. The molecule has 0 fully saturated rings. The Hall–Kier alpha value is -0.540. The molecule has 0 amide bonds. The number of thioether (sulfide) groups is 1. The second kappa shape index (κ2) is 6.13. The molecule has 0 radical (unpaired) electrons. The van der Waals surface area contributed by atoms with Gasteiger partial charge in [0.25, 0.3) is 0 Å². The molecule has 0 spiro atoms. The molecule has 84 valence electrons. The van der Waals surface area contributed by atoms with Gasteiger partial charge in [-0.2, -0.15) is 11.8 Å². The van der Waals surface area contributed by atoms with E-state index in [1.165, 1.54) is 0 Å². The summed E-state index contributed by atoms with van der Waals surface area (Å²) in [4.78, 5) is 4.38. The highest BCUT2D eigenvalue weighted by Crippen LogP contribution is 2.31. The van der Waals surface area contributed by atoms with E-state index in [1.807, 2.05) is 37.0 Å². The van der Waals surface area contributed by atoms with E-state index < -0.39 is 0 Å². The van der Waals surface area contributed by atoms with Gasteiger partial charge in [0.1, 0.15) is 0 Å². The lowest BCUT2D eigenvalue weighted by Crippen LogP contribution is -2.24. The van der Waals surface area contributed by atoms with Crippen LogP contribution in [0, 0.1) is 5.92 Å². The van der Waals surface area contributed by atoms with Crippen LogP contribution >= 0.6 is 11.8 Å². The number of pyridine rings is 1. The van der Waals surface area contributed by atoms with Crippen molar-refractivity contribution in [3.05, 3.63) is 30.1 Å². The second-order valence-electron chi connectivity index (χ2n) is 4.26. The third kappa shape index (κ3) is 4.22. The van der Waals surface area contributed by atoms with E-state index in [4.69, 9.17) is 5.73 Å². The van der Waals surface area contributed by atoms with Gasteiger partial charge in [0.15, 0.2) is 0 Å². The van der Waals surface area contributed by atoms with Crippen molar-refractivity contribution in [3.63, 3.8) is 0 Å². The molecule has 0 saturated heterocycles. The minimum absolute atomic E-state index is 0.142. The van der Waals surface area contributed by atoms with Crippen molar-refractivity contribution < 1.29 is 0 Å². The summed E-state index contributed by atoms with van der Waals surface area (Å²) in [7, 11) is 0. The van der Waals surface area contributed by atoms with Crippen molar-refractivity contribution in [3.8, 4) is 0 Å². The van der Waals surface area contributed by atoms with Gasteiger partial charge in [-0.25, -0.2) is 0 Å². The number of nitrogens with two attached hydrogens (primary N) is 1. The Bertz CT molecular complexity index is 272. The SMILES string of the molecule is CC(C)CSC(c1ccccn1)C(C)N. The van der Waals surface area contributed by atoms with Crippen LogP contribution in [-0.4, -0.2) is 16.8 Å². The lowest BCUT2D eigenvalue weighted by Gasteiger charge is -2.20. The summed E-state index contributed by atoms with van der Waals surface area (Å²) in [5.41, 5.74) is 7.09. The first-order chi connectivity index (χ1) is 7.11. The van der Waals surface area contributed by atoms with Crippen molar-refractivity contribution in [2.24, 2.45) is 11.7 Å². The number of hydrogen-bond acceptors (Lipinski definition) is 3. The molecule has 1 aromatic rings. The van der Waals surface area contributed by atoms with Gasteiger partial charge in [-0.1, -0.05) is 19.9 Å². The average molecular weight is 224 g/mol. The standard InChI is InChI=1S/C12H20N2S/c1-9(2)8-15-12(10(3)13)11-6-4-5-7-14-11/h4-7,9-10,12H,8,13H2,1-3H3. The zero-order valence-corrected chi connectivity index (χ0v) is 10.5. The third-order valence-corrected chi connectivity index (χ3v) is 3.95. The van der Waals surface area contributed by atoms with Crippen LogP contribution in [0.25, 0.3) is 0 Å². The minimum Gasteiger partial charge on any atom is -0.327 e. The smallest absolute Gasteiger partial charge is 0.0618 e. The molecule has 0 saturated carbocycles. The highest BCUT2D eigenvalue weighted by molar-refractivity contribution is 7.99. The van der Waals surface area contributed by atoms with Gasteiger partial charge in [0.2, 0.25) is 0 Å². The van der Waals surface area contributed by atoms with Crippen molar-refractivity contribution in [2.45, 2.75) is 32.1 Å². The lowest BCUT2D eigenvalue weighted by molar-refractivity contribution is 0.694. The summed E-state index contributed by atoms with van der Waals surface area (Å²) in [5, 5.41) is 0.314. The summed E-state index contributed by atoms with van der Waals surface area (Å²) in [6, 6.07) is 6.16. The summed E-state index contributed by atoms with van der Waals surface area (Å²) in [5.74, 6) is 1.82. The fourth-order valence-electron chi connectivity index (χ4n) is 1.35. The van der Waals surface area contributed by atoms with E-state index in [0.29, 0.717) is 11.2 Å². The van der Waals surface area contributed by atoms with Gasteiger partial charge < -0.3 is 5.73 Å². The van der Waals surface area contributed by atoms with Crippen LogP contribution in [-0.2, 0) is 0 Å². The Morgan fingerprint density at radius 1 is 1.33 bits per heavy atom. The number of rotatable bonds is 5. The molecule has 1 aromatic heterocycles. The Labute approximate surface area is 96.7 Å². The maximum Gasteiger partial charge on any atom is 0.0618 e. The highest BCUT2D eigenvalue weighted by atomic mass is 32.2. The lowest BCUT2D eigenvalue weighted by atomic mass is 10.2. The van der Waals surface area contributed by atoms with Crippen LogP contribution in [0.2, 0.25) is 0 Å². The molecule has 2 nitrogen and oxygen atoms in total. The molecular weight excluding hydrogens is 204 g/mol. The van der Waals surface area contributed by atoms with E-state index in [2.05, 4.69) is 24.9 Å². The summed E-state index contributed by atoms with van der Waals surface area (Å²) >= 11 is 1.90. The Morgan fingerprint density at radius 3 is 2.53 bits per heavy atom. The van der Waals surface area contributed by atoms with E-state index >= 15 is 0 Å². The molecule has 0 bridgehead atoms. The number of nitrogens with zero attached hydrogens (tertiary/aromatic N) is 1. The van der Waals surface area contributed by atoms with Crippen LogP contribution in [0.3, 0.4) is 0 Å². The van der Waals surface area contributed by atoms with Crippen LogP contribution < -0.4 is 5.73 Å². The van der Waals surface area contributed by atoms with E-state index in [0.717, 1.165) is 11.4 Å². The molecule has 0 aromatic carbocycles. The first-order valence-corrected chi connectivity index (χ1v) is 6.44. The highest BCUT2D eigenvalue weighted by Gasteiger charge is 2.17. The predicted molar refractivity (Wildman–Crippen MR) is 67.9 cm³/mol. The molecule has 0 aliphatic carbocycles. The molecule has 2 atom stereocenters. The zero-order chi connectivity index (χ0) is 11.3. The van der Waals surface area contributed by atoms with E-state index in [1.54, 1.807) is 0 Å². The molecule has 3 heteroatoms. The average Bonchev–Trinajstić information content (AvgIpc) is 2.18. The molecule has 2 unspecified atom stereocenters. The molecule has 2 N–H and O–H groups in total. The monoisotopic (exact) mass is 224 g/mol. The van der Waals surface area contributed by atoms with Crippen molar-refractivity contribution in [1.82, 2.24) is 4.98 Å². The molecule has 0 aliphatic heterocycles. The fraction of sp³-hybridized carbons (Fsp3) is 0.583. The van der Waals surface area contributed by atoms with Crippen LogP contribution in [0.1, 0.15) is 31.7 Å². The van der Waals surface area contributed by atoms with Crippen molar-refractivity contribution in [1.29, 1.82) is 0 Å². The Balaban J connectivity index is 2.66. The Kier molecular flexibility index (Phi) is 5.12. The second-order valence-corrected chi connectivity index (χ2v) is 5.44. The first-order valence-electron chi connectivity index (χ1n) is 5.39. The largest absolute Gasteiger partial charge is 0.327 e. The van der Waals surface area contributed by atoms with Gasteiger partial charge in [-0.15, -0.1) is 0 Å².